The van der Waals surface area contributed by atoms with E-state index in [2.05, 4.69) is 25.9 Å². The van der Waals surface area contributed by atoms with Crippen LogP contribution in [0.5, 0.6) is 5.88 Å². The number of anilines is 2. The first kappa shape index (κ1) is 17.4. The van der Waals surface area contributed by atoms with Crippen molar-refractivity contribution >= 4 is 29.0 Å². The molecule has 2 aromatic heterocycles. The van der Waals surface area contributed by atoms with Crippen LogP contribution >= 0.6 is 11.3 Å². The number of urea groups is 1. The largest absolute Gasteiger partial charge is 0.477 e. The topological polar surface area (TPSA) is 88.2 Å². The predicted molar refractivity (Wildman–Crippen MR) is 106 cm³/mol. The molecule has 0 unspecified atom stereocenters. The summed E-state index contributed by atoms with van der Waals surface area (Å²) < 4.78 is 5.67. The molecule has 138 valence electrons. The molecule has 27 heavy (non-hydrogen) atoms. The Morgan fingerprint density at radius 1 is 1.07 bits per heavy atom. The standard InChI is InChI=1S/C19H19N5O2S/c25-19(24-16-12-27-18(22-16)14-5-2-1-3-6-14)23-15-7-4-8-17(21-15)26-11-13-9-20-10-13/h1-8,12-13,20H,9-11H2,(H2,21,23,24,25). The van der Waals surface area contributed by atoms with Crippen molar-refractivity contribution in [1.82, 2.24) is 15.3 Å². The molecule has 1 fully saturated rings. The molecule has 0 bridgehead atoms. The lowest BCUT2D eigenvalue weighted by atomic mass is 10.1. The Morgan fingerprint density at radius 2 is 1.89 bits per heavy atom. The lowest BCUT2D eigenvalue weighted by Crippen LogP contribution is -2.45. The fraction of sp³-hybridized carbons (Fsp3) is 0.211. The summed E-state index contributed by atoms with van der Waals surface area (Å²) in [6, 6.07) is 14.7. The quantitative estimate of drug-likeness (QED) is 0.609. The van der Waals surface area contributed by atoms with Crippen LogP contribution in [0, 0.1) is 5.92 Å². The number of thiazole rings is 1. The number of ether oxygens (including phenoxy) is 1. The van der Waals surface area contributed by atoms with Gasteiger partial charge in [-0.05, 0) is 6.07 Å². The van der Waals surface area contributed by atoms with Crippen molar-refractivity contribution in [3.8, 4) is 16.5 Å². The Balaban J connectivity index is 1.33. The maximum atomic E-state index is 12.2. The number of pyridine rings is 1. The van der Waals surface area contributed by atoms with Gasteiger partial charge in [0, 0.05) is 36.0 Å². The highest BCUT2D eigenvalue weighted by Gasteiger charge is 2.17. The number of carbonyl (C=O) groups excluding carboxylic acids is 1. The highest BCUT2D eigenvalue weighted by Crippen LogP contribution is 2.25. The summed E-state index contributed by atoms with van der Waals surface area (Å²) in [5.74, 6) is 1.95. The lowest BCUT2D eigenvalue weighted by molar-refractivity contribution is 0.193. The van der Waals surface area contributed by atoms with E-state index in [1.54, 1.807) is 18.2 Å². The van der Waals surface area contributed by atoms with Crippen molar-refractivity contribution in [2.24, 2.45) is 5.92 Å². The first-order chi connectivity index (χ1) is 13.3. The fourth-order valence-electron chi connectivity index (χ4n) is 2.54. The number of hydrogen-bond donors (Lipinski definition) is 3. The molecule has 1 saturated heterocycles. The fourth-order valence-corrected chi connectivity index (χ4v) is 3.30. The summed E-state index contributed by atoms with van der Waals surface area (Å²) >= 11 is 1.48. The zero-order valence-electron chi connectivity index (χ0n) is 14.5. The third-order valence-corrected chi connectivity index (χ3v) is 4.96. The third kappa shape index (κ3) is 4.60. The molecular formula is C19H19N5O2S. The molecule has 1 aliphatic heterocycles. The van der Waals surface area contributed by atoms with E-state index >= 15 is 0 Å². The number of aromatic nitrogens is 2. The van der Waals surface area contributed by atoms with Crippen LogP contribution in [0.2, 0.25) is 0 Å². The molecule has 3 N–H and O–H groups in total. The van der Waals surface area contributed by atoms with E-state index in [0.717, 1.165) is 23.7 Å². The summed E-state index contributed by atoms with van der Waals surface area (Å²) in [7, 11) is 0. The van der Waals surface area contributed by atoms with Crippen LogP contribution in [-0.2, 0) is 0 Å². The van der Waals surface area contributed by atoms with Crippen LogP contribution in [0.4, 0.5) is 16.4 Å². The van der Waals surface area contributed by atoms with Crippen LogP contribution in [0.25, 0.3) is 10.6 Å². The third-order valence-electron chi connectivity index (χ3n) is 4.06. The zero-order valence-corrected chi connectivity index (χ0v) is 15.3. The van der Waals surface area contributed by atoms with Gasteiger partial charge in [0.2, 0.25) is 5.88 Å². The molecule has 0 aliphatic carbocycles. The van der Waals surface area contributed by atoms with Crippen LogP contribution < -0.4 is 20.7 Å². The van der Waals surface area contributed by atoms with E-state index in [1.165, 1.54) is 11.3 Å². The van der Waals surface area contributed by atoms with E-state index in [0.29, 0.717) is 30.0 Å². The maximum absolute atomic E-state index is 12.2. The summed E-state index contributed by atoms with van der Waals surface area (Å²) in [6.45, 7) is 2.56. The average molecular weight is 381 g/mol. The van der Waals surface area contributed by atoms with Crippen LogP contribution in [0.1, 0.15) is 0 Å². The van der Waals surface area contributed by atoms with Gasteiger partial charge in [0.25, 0.3) is 0 Å². The second kappa shape index (κ2) is 8.15. The van der Waals surface area contributed by atoms with E-state index in [9.17, 15) is 4.79 Å². The van der Waals surface area contributed by atoms with Crippen LogP contribution in [0.15, 0.2) is 53.9 Å². The number of rotatable bonds is 6. The minimum Gasteiger partial charge on any atom is -0.477 e. The second-order valence-electron chi connectivity index (χ2n) is 6.18. The van der Waals surface area contributed by atoms with Crippen molar-refractivity contribution in [3.63, 3.8) is 0 Å². The molecule has 0 saturated carbocycles. The minimum atomic E-state index is -0.396. The molecule has 8 heteroatoms. The van der Waals surface area contributed by atoms with Gasteiger partial charge in [-0.25, -0.2) is 9.78 Å². The Labute approximate surface area is 160 Å². The number of amides is 2. The number of carbonyl (C=O) groups is 1. The van der Waals surface area contributed by atoms with Gasteiger partial charge >= 0.3 is 6.03 Å². The summed E-state index contributed by atoms with van der Waals surface area (Å²) in [5.41, 5.74) is 1.02. The van der Waals surface area contributed by atoms with Gasteiger partial charge in [0.15, 0.2) is 0 Å². The number of benzene rings is 1. The highest BCUT2D eigenvalue weighted by molar-refractivity contribution is 7.13. The van der Waals surface area contributed by atoms with Gasteiger partial charge in [-0.1, -0.05) is 36.4 Å². The Morgan fingerprint density at radius 3 is 2.67 bits per heavy atom. The predicted octanol–water partition coefficient (Wildman–Crippen LogP) is 3.45. The molecule has 0 spiro atoms. The van der Waals surface area contributed by atoms with Gasteiger partial charge < -0.3 is 10.1 Å². The first-order valence-corrected chi connectivity index (χ1v) is 9.54. The molecule has 0 atom stereocenters. The second-order valence-corrected chi connectivity index (χ2v) is 7.04. The number of nitrogens with one attached hydrogen (secondary N) is 3. The first-order valence-electron chi connectivity index (χ1n) is 8.66. The molecule has 2 amide bonds. The van der Waals surface area contributed by atoms with Crippen molar-refractivity contribution in [3.05, 3.63) is 53.9 Å². The monoisotopic (exact) mass is 381 g/mol. The molecule has 7 nitrogen and oxygen atoms in total. The van der Waals surface area contributed by atoms with E-state index < -0.39 is 6.03 Å². The van der Waals surface area contributed by atoms with Crippen molar-refractivity contribution in [2.45, 2.75) is 0 Å². The summed E-state index contributed by atoms with van der Waals surface area (Å²) in [5, 5.41) is 11.3. The summed E-state index contributed by atoms with van der Waals surface area (Å²) in [4.78, 5) is 21.0. The van der Waals surface area contributed by atoms with Gasteiger partial charge in [0.05, 0.1) is 6.61 Å². The molecule has 3 heterocycles. The SMILES string of the molecule is O=C(Nc1cccc(OCC2CNC2)n1)Nc1csc(-c2ccccc2)n1. The van der Waals surface area contributed by atoms with E-state index in [1.807, 2.05) is 35.7 Å². The number of hydrogen-bond acceptors (Lipinski definition) is 6. The zero-order chi connectivity index (χ0) is 18.5. The maximum Gasteiger partial charge on any atom is 0.326 e. The van der Waals surface area contributed by atoms with Gasteiger partial charge in [0.1, 0.15) is 16.6 Å². The molecule has 4 rings (SSSR count). The smallest absolute Gasteiger partial charge is 0.326 e. The Kier molecular flexibility index (Phi) is 5.27. The molecule has 3 aromatic rings. The van der Waals surface area contributed by atoms with Crippen LogP contribution in [-0.4, -0.2) is 35.7 Å². The van der Waals surface area contributed by atoms with Gasteiger partial charge in [-0.15, -0.1) is 11.3 Å². The minimum absolute atomic E-state index is 0.396. The van der Waals surface area contributed by atoms with Crippen molar-refractivity contribution in [1.29, 1.82) is 0 Å². The normalized spacial score (nSPS) is 13.6. The lowest BCUT2D eigenvalue weighted by Gasteiger charge is -2.26. The van der Waals surface area contributed by atoms with Gasteiger partial charge in [-0.2, -0.15) is 4.98 Å². The molecular weight excluding hydrogens is 362 g/mol. The average Bonchev–Trinajstić information content (AvgIpc) is 3.10. The molecule has 1 aliphatic rings. The Hall–Kier alpha value is -2.97. The molecule has 1 aromatic carbocycles. The van der Waals surface area contributed by atoms with Gasteiger partial charge in [-0.3, -0.25) is 10.6 Å². The van der Waals surface area contributed by atoms with E-state index in [-0.39, 0.29) is 0 Å². The van der Waals surface area contributed by atoms with Crippen molar-refractivity contribution < 1.29 is 9.53 Å². The molecule has 0 radical (unpaired) electrons. The summed E-state index contributed by atoms with van der Waals surface area (Å²) in [6.07, 6.45) is 0. The number of nitrogens with zero attached hydrogens (tertiary/aromatic N) is 2. The van der Waals surface area contributed by atoms with Crippen LogP contribution in [0.3, 0.4) is 0 Å². The van der Waals surface area contributed by atoms with E-state index in [4.69, 9.17) is 4.74 Å². The van der Waals surface area contributed by atoms with Crippen molar-refractivity contribution in [2.75, 3.05) is 30.3 Å². The highest BCUT2D eigenvalue weighted by atomic mass is 32.1. The Bertz CT molecular complexity index is 911.